The Morgan fingerprint density at radius 3 is 2.53 bits per heavy atom. The average Bonchev–Trinajstić information content (AvgIpc) is 3.49. The number of fused-ring (bicyclic) bond motifs is 1. The maximum atomic E-state index is 13.0. The van der Waals surface area contributed by atoms with Crippen molar-refractivity contribution in [1.29, 1.82) is 0 Å². The Morgan fingerprint density at radius 2 is 1.82 bits per heavy atom. The first-order chi connectivity index (χ1) is 21.8. The summed E-state index contributed by atoms with van der Waals surface area (Å²) in [5.74, 6) is -0.912. The lowest BCUT2D eigenvalue weighted by Gasteiger charge is -2.19. The molecule has 1 saturated carbocycles. The molecule has 5 rings (SSSR count). The molecule has 2 atom stereocenters. The number of hydrogen-bond acceptors (Lipinski definition) is 12. The molecule has 0 saturated heterocycles. The largest absolute Gasteiger partial charge is 0.394 e. The number of nitrogens with two attached hydrogens (primary N) is 2. The highest BCUT2D eigenvalue weighted by Gasteiger charge is 2.30. The van der Waals surface area contributed by atoms with Crippen LogP contribution in [0, 0.1) is 5.92 Å². The third-order valence-corrected chi connectivity index (χ3v) is 6.86. The van der Waals surface area contributed by atoms with Crippen LogP contribution in [0.25, 0.3) is 0 Å². The first-order valence-corrected chi connectivity index (χ1v) is 14.3. The molecule has 0 aliphatic heterocycles. The number of hydrogen-bond donors (Lipinski definition) is 5. The Bertz CT molecular complexity index is 1690. The topological polar surface area (TPSA) is 221 Å². The third-order valence-electron chi connectivity index (χ3n) is 6.86. The van der Waals surface area contributed by atoms with E-state index in [1.807, 2.05) is 19.9 Å². The van der Waals surface area contributed by atoms with Crippen molar-refractivity contribution in [3.63, 3.8) is 0 Å². The number of carbonyl (C=O) groups is 3. The minimum absolute atomic E-state index is 0.0126. The van der Waals surface area contributed by atoms with E-state index in [1.54, 1.807) is 30.5 Å². The van der Waals surface area contributed by atoms with E-state index in [0.717, 1.165) is 30.3 Å². The maximum Gasteiger partial charge on any atom is 0.323 e. The smallest absolute Gasteiger partial charge is 0.323 e. The third kappa shape index (κ3) is 8.32. The van der Waals surface area contributed by atoms with Gasteiger partial charge in [0.25, 0.3) is 22.7 Å². The Balaban J connectivity index is 0.00000133. The molecule has 14 heteroatoms. The van der Waals surface area contributed by atoms with Crippen LogP contribution >= 0.6 is 0 Å². The van der Waals surface area contributed by atoms with Crippen LogP contribution in [0.3, 0.4) is 0 Å². The highest BCUT2D eigenvalue weighted by atomic mass is 16.7. The van der Waals surface area contributed by atoms with E-state index in [1.165, 1.54) is 13.1 Å². The summed E-state index contributed by atoms with van der Waals surface area (Å²) in [4.78, 5) is 71.4. The van der Waals surface area contributed by atoms with Gasteiger partial charge in [0.2, 0.25) is 0 Å². The van der Waals surface area contributed by atoms with Crippen molar-refractivity contribution in [2.75, 3.05) is 18.1 Å². The lowest BCUT2D eigenvalue weighted by Crippen LogP contribution is -2.36. The van der Waals surface area contributed by atoms with Crippen LogP contribution < -0.4 is 38.3 Å². The number of allylic oxidation sites excluding steroid dienone is 2. The molecule has 1 fully saturated rings. The quantitative estimate of drug-likeness (QED) is 0.0727. The summed E-state index contributed by atoms with van der Waals surface area (Å²) in [5, 5.41) is 12.2. The van der Waals surface area contributed by atoms with Crippen LogP contribution in [0.15, 0.2) is 74.7 Å². The number of benzene rings is 1. The van der Waals surface area contributed by atoms with E-state index in [4.69, 9.17) is 5.73 Å². The van der Waals surface area contributed by atoms with Gasteiger partial charge in [-0.1, -0.05) is 43.3 Å². The molecule has 45 heavy (non-hydrogen) atoms. The fourth-order valence-corrected chi connectivity index (χ4v) is 4.81. The van der Waals surface area contributed by atoms with Gasteiger partial charge in [-0.25, -0.2) is 9.97 Å². The summed E-state index contributed by atoms with van der Waals surface area (Å²) in [5.41, 5.74) is 12.1. The standard InChI is InChI=1S/C28H25N7O6.C2H6.CH5N/c29-23-24(26(38)25(23)37)34-18-3-1-2-15(9-18)11-30-27(39)21-10-22(32-13-31-21)28(40)35-20-7-5-17-8-16(4-6-19(17)20)12-33-41-14-36;2*1-2/h1-3,6,8-10,12-14,16,20,34H,4-5,7,11,29H2,(H,30,39)(H,35,40);1-2H3;2H2,1H3/b33-12+;;. The summed E-state index contributed by atoms with van der Waals surface area (Å²) < 4.78 is 0. The lowest BCUT2D eigenvalue weighted by molar-refractivity contribution is -0.128. The molecule has 2 unspecified atom stereocenters. The van der Waals surface area contributed by atoms with Crippen molar-refractivity contribution in [2.24, 2.45) is 16.8 Å². The Morgan fingerprint density at radius 1 is 1.09 bits per heavy atom. The van der Waals surface area contributed by atoms with Gasteiger partial charge in [-0.15, -0.1) is 0 Å². The second kappa shape index (κ2) is 16.4. The number of rotatable bonds is 10. The van der Waals surface area contributed by atoms with Gasteiger partial charge in [-0.05, 0) is 55.2 Å². The summed E-state index contributed by atoms with van der Waals surface area (Å²) >= 11 is 0. The lowest BCUT2D eigenvalue weighted by atomic mass is 9.92. The first-order valence-electron chi connectivity index (χ1n) is 14.3. The molecule has 0 spiro atoms. The fraction of sp³-hybridized carbons (Fsp3) is 0.290. The minimum atomic E-state index is -0.715. The molecule has 1 heterocycles. The van der Waals surface area contributed by atoms with Gasteiger partial charge in [0, 0.05) is 24.2 Å². The molecule has 14 nitrogen and oxygen atoms in total. The molecule has 2 aromatic carbocycles. The number of anilines is 3. The molecule has 1 aromatic heterocycles. The van der Waals surface area contributed by atoms with Crippen LogP contribution in [0.1, 0.15) is 59.7 Å². The Kier molecular flexibility index (Phi) is 12.4. The number of oxime groups is 1. The zero-order valence-corrected chi connectivity index (χ0v) is 25.2. The van der Waals surface area contributed by atoms with E-state index in [9.17, 15) is 24.0 Å². The number of aromatic nitrogens is 2. The van der Waals surface area contributed by atoms with Gasteiger partial charge in [0.05, 0.1) is 12.3 Å². The van der Waals surface area contributed by atoms with Crippen molar-refractivity contribution < 1.29 is 19.2 Å². The number of nitrogen functional groups attached to an aromatic ring is 1. The van der Waals surface area contributed by atoms with Gasteiger partial charge in [0.1, 0.15) is 29.1 Å². The highest BCUT2D eigenvalue weighted by Crippen LogP contribution is 2.36. The number of carbonyl (C=O) groups excluding carboxylic acids is 3. The summed E-state index contributed by atoms with van der Waals surface area (Å²) in [7, 11) is 1.50. The average molecular weight is 617 g/mol. The van der Waals surface area contributed by atoms with Crippen molar-refractivity contribution >= 4 is 41.6 Å². The van der Waals surface area contributed by atoms with E-state index >= 15 is 0 Å². The predicted molar refractivity (Wildman–Crippen MR) is 171 cm³/mol. The van der Waals surface area contributed by atoms with Crippen molar-refractivity contribution in [1.82, 2.24) is 20.6 Å². The highest BCUT2D eigenvalue weighted by molar-refractivity contribution is 5.97. The van der Waals surface area contributed by atoms with Crippen LogP contribution in [0.5, 0.6) is 0 Å². The number of amides is 2. The second-order valence-electron chi connectivity index (χ2n) is 9.52. The molecule has 2 aliphatic carbocycles. The maximum absolute atomic E-state index is 13.0. The first kappa shape index (κ1) is 34.0. The van der Waals surface area contributed by atoms with Crippen LogP contribution in [-0.2, 0) is 16.2 Å². The van der Waals surface area contributed by atoms with E-state index in [2.05, 4.69) is 47.7 Å². The van der Waals surface area contributed by atoms with Crippen LogP contribution in [0.2, 0.25) is 0 Å². The summed E-state index contributed by atoms with van der Waals surface area (Å²) in [6.45, 7) is 4.40. The molecule has 7 N–H and O–H groups in total. The van der Waals surface area contributed by atoms with E-state index < -0.39 is 22.7 Å². The van der Waals surface area contributed by atoms with E-state index in [0.29, 0.717) is 17.7 Å². The Labute approximate surface area is 259 Å². The molecule has 2 aliphatic rings. The number of nitrogens with zero attached hydrogens (tertiary/aromatic N) is 3. The molecule has 0 bridgehead atoms. The zero-order chi connectivity index (χ0) is 32.9. The van der Waals surface area contributed by atoms with Crippen molar-refractivity contribution in [3.05, 3.63) is 97.4 Å². The van der Waals surface area contributed by atoms with Gasteiger partial charge >= 0.3 is 6.47 Å². The van der Waals surface area contributed by atoms with E-state index in [-0.39, 0.29) is 47.7 Å². The molecule has 2 amide bonds. The molecule has 236 valence electrons. The van der Waals surface area contributed by atoms with Crippen molar-refractivity contribution in [3.8, 4) is 0 Å². The minimum Gasteiger partial charge on any atom is -0.394 e. The van der Waals surface area contributed by atoms with Gasteiger partial charge in [0.15, 0.2) is 0 Å². The van der Waals surface area contributed by atoms with Gasteiger partial charge in [-0.2, -0.15) is 0 Å². The van der Waals surface area contributed by atoms with Crippen LogP contribution in [0.4, 0.5) is 17.1 Å². The molecule has 0 radical (unpaired) electrons. The monoisotopic (exact) mass is 616 g/mol. The Hall–Kier alpha value is -5.50. The van der Waals surface area contributed by atoms with Gasteiger partial charge < -0.3 is 32.3 Å². The fourth-order valence-electron chi connectivity index (χ4n) is 4.81. The predicted octanol–water partition coefficient (Wildman–Crippen LogP) is 1.85. The van der Waals surface area contributed by atoms with Gasteiger partial charge in [-0.3, -0.25) is 24.0 Å². The molecular formula is C31H36N8O6. The SMILES string of the molecule is CC.CN.Nc1c(Nc2cccc(CNC(=O)c3cc(C(=O)NC4CCC5=CC(/C=N/OC=O)CC=C54)ncn3)c2)c(=O)c1=O. The zero-order valence-electron chi connectivity index (χ0n) is 25.2. The normalized spacial score (nSPS) is 16.5. The second-order valence-corrected chi connectivity index (χ2v) is 9.52. The van der Waals surface area contributed by atoms with Crippen LogP contribution in [-0.4, -0.2) is 47.6 Å². The molecular weight excluding hydrogens is 580 g/mol. The number of nitrogens with one attached hydrogen (secondary N) is 3. The summed E-state index contributed by atoms with van der Waals surface area (Å²) in [6.07, 6.45) is 8.99. The summed E-state index contributed by atoms with van der Waals surface area (Å²) in [6, 6.07) is 8.03. The van der Waals surface area contributed by atoms with Crippen molar-refractivity contribution in [2.45, 2.75) is 45.7 Å². The molecule has 3 aromatic rings.